The van der Waals surface area contributed by atoms with E-state index in [1.165, 1.54) is 13.2 Å². The van der Waals surface area contributed by atoms with Crippen molar-refractivity contribution in [2.24, 2.45) is 0 Å². The molecule has 2 rings (SSSR count). The maximum Gasteiger partial charge on any atom is 0.196 e. The smallest absolute Gasteiger partial charge is 0.196 e. The molecule has 0 saturated heterocycles. The van der Waals surface area contributed by atoms with Crippen molar-refractivity contribution < 1.29 is 13.9 Å². The molecule has 0 bridgehead atoms. The first-order chi connectivity index (χ1) is 9.43. The van der Waals surface area contributed by atoms with E-state index in [4.69, 9.17) is 16.3 Å². The zero-order valence-electron chi connectivity index (χ0n) is 10.2. The number of rotatable bonds is 3. The van der Waals surface area contributed by atoms with Crippen molar-refractivity contribution in [2.75, 3.05) is 7.11 Å². The lowest BCUT2D eigenvalue weighted by molar-refractivity contribution is 0.103. The standard InChI is InChI=1S/C14H8Br2ClFO2/c1-20-13-6-12(18)10(16)5-8(13)14(19)7-2-3-9(15)11(17)4-7/h2-6H,1H3. The van der Waals surface area contributed by atoms with E-state index in [2.05, 4.69) is 31.9 Å². The van der Waals surface area contributed by atoms with Crippen LogP contribution in [0.5, 0.6) is 5.75 Å². The van der Waals surface area contributed by atoms with Crippen molar-refractivity contribution in [3.63, 3.8) is 0 Å². The van der Waals surface area contributed by atoms with E-state index in [0.717, 1.165) is 6.07 Å². The summed E-state index contributed by atoms with van der Waals surface area (Å²) in [6.07, 6.45) is 0. The normalized spacial score (nSPS) is 10.4. The molecule has 0 saturated carbocycles. The summed E-state index contributed by atoms with van der Waals surface area (Å²) in [5.41, 5.74) is 0.661. The van der Waals surface area contributed by atoms with E-state index in [1.807, 2.05) is 0 Å². The van der Waals surface area contributed by atoms with Crippen LogP contribution in [0.25, 0.3) is 0 Å². The minimum atomic E-state index is -0.493. The first-order valence-electron chi connectivity index (χ1n) is 5.47. The molecule has 2 aromatic rings. The predicted molar refractivity (Wildman–Crippen MR) is 83.2 cm³/mol. The highest BCUT2D eigenvalue weighted by molar-refractivity contribution is 9.10. The van der Waals surface area contributed by atoms with E-state index in [-0.39, 0.29) is 21.6 Å². The van der Waals surface area contributed by atoms with Gasteiger partial charge in [0.15, 0.2) is 5.78 Å². The molecule has 2 aromatic carbocycles. The lowest BCUT2D eigenvalue weighted by atomic mass is 10.0. The van der Waals surface area contributed by atoms with E-state index < -0.39 is 5.82 Å². The van der Waals surface area contributed by atoms with Crippen LogP contribution >= 0.6 is 43.5 Å². The summed E-state index contributed by atoms with van der Waals surface area (Å²) < 4.78 is 19.4. The third-order valence-corrected chi connectivity index (χ3v) is 4.51. The van der Waals surface area contributed by atoms with Crippen molar-refractivity contribution >= 4 is 49.2 Å². The zero-order chi connectivity index (χ0) is 14.9. The van der Waals surface area contributed by atoms with Crippen LogP contribution in [0.15, 0.2) is 39.3 Å². The molecule has 0 aliphatic carbocycles. The summed E-state index contributed by atoms with van der Waals surface area (Å²) in [4.78, 5) is 12.5. The Kier molecular flexibility index (Phi) is 4.83. The Hall–Kier alpha value is -0.910. The van der Waals surface area contributed by atoms with Crippen LogP contribution in [0.3, 0.4) is 0 Å². The molecule has 2 nitrogen and oxygen atoms in total. The van der Waals surface area contributed by atoms with Gasteiger partial charge in [-0.25, -0.2) is 4.39 Å². The molecule has 0 fully saturated rings. The van der Waals surface area contributed by atoms with E-state index in [9.17, 15) is 9.18 Å². The first-order valence-corrected chi connectivity index (χ1v) is 7.43. The molecule has 0 atom stereocenters. The topological polar surface area (TPSA) is 26.3 Å². The number of halogens is 4. The Morgan fingerprint density at radius 3 is 2.50 bits per heavy atom. The number of hydrogen-bond donors (Lipinski definition) is 0. The van der Waals surface area contributed by atoms with Crippen LogP contribution in [-0.2, 0) is 0 Å². The number of carbonyl (C=O) groups is 1. The van der Waals surface area contributed by atoms with Gasteiger partial charge in [0.1, 0.15) is 11.6 Å². The largest absolute Gasteiger partial charge is 0.496 e. The molecular weight excluding hydrogens is 414 g/mol. The Morgan fingerprint density at radius 1 is 1.20 bits per heavy atom. The average Bonchev–Trinajstić information content (AvgIpc) is 2.43. The third kappa shape index (κ3) is 3.05. The molecular formula is C14H8Br2ClFO2. The summed E-state index contributed by atoms with van der Waals surface area (Å²) in [5, 5.41) is 0.427. The molecule has 0 aliphatic heterocycles. The second-order valence-electron chi connectivity index (χ2n) is 3.92. The molecule has 0 amide bonds. The lowest BCUT2D eigenvalue weighted by Gasteiger charge is -2.09. The van der Waals surface area contributed by atoms with Crippen molar-refractivity contribution in [1.29, 1.82) is 0 Å². The highest BCUT2D eigenvalue weighted by Gasteiger charge is 2.18. The van der Waals surface area contributed by atoms with Gasteiger partial charge in [-0.2, -0.15) is 0 Å². The van der Waals surface area contributed by atoms with Crippen LogP contribution in [0.4, 0.5) is 4.39 Å². The maximum atomic E-state index is 13.5. The fourth-order valence-corrected chi connectivity index (χ4v) is 2.44. The molecule has 0 heterocycles. The average molecular weight is 422 g/mol. The molecule has 104 valence electrons. The van der Waals surface area contributed by atoms with Crippen molar-refractivity contribution in [2.45, 2.75) is 0 Å². The fourth-order valence-electron chi connectivity index (χ4n) is 1.67. The van der Waals surface area contributed by atoms with Gasteiger partial charge in [0.25, 0.3) is 0 Å². The maximum absolute atomic E-state index is 13.5. The molecule has 0 aromatic heterocycles. The van der Waals surface area contributed by atoms with E-state index in [0.29, 0.717) is 15.1 Å². The second-order valence-corrected chi connectivity index (χ2v) is 6.04. The van der Waals surface area contributed by atoms with Crippen LogP contribution in [0.1, 0.15) is 15.9 Å². The fraction of sp³-hybridized carbons (Fsp3) is 0.0714. The van der Waals surface area contributed by atoms with E-state index in [1.54, 1.807) is 18.2 Å². The van der Waals surface area contributed by atoms with Gasteiger partial charge in [0.05, 0.1) is 22.2 Å². The van der Waals surface area contributed by atoms with Gasteiger partial charge >= 0.3 is 0 Å². The Bertz CT molecular complexity index is 689. The highest BCUT2D eigenvalue weighted by atomic mass is 79.9. The van der Waals surface area contributed by atoms with Crippen LogP contribution in [0, 0.1) is 5.82 Å². The van der Waals surface area contributed by atoms with Crippen LogP contribution in [-0.4, -0.2) is 12.9 Å². The number of ketones is 1. The Labute approximate surface area is 137 Å². The zero-order valence-corrected chi connectivity index (χ0v) is 14.1. The van der Waals surface area contributed by atoms with Crippen LogP contribution < -0.4 is 4.74 Å². The molecule has 0 N–H and O–H groups in total. The van der Waals surface area contributed by atoms with Gasteiger partial charge in [0.2, 0.25) is 0 Å². The minimum absolute atomic E-state index is 0.176. The molecule has 20 heavy (non-hydrogen) atoms. The van der Waals surface area contributed by atoms with Gasteiger partial charge in [-0.05, 0) is 56.1 Å². The monoisotopic (exact) mass is 420 g/mol. The lowest BCUT2D eigenvalue weighted by Crippen LogP contribution is -2.05. The molecule has 0 radical (unpaired) electrons. The van der Waals surface area contributed by atoms with Crippen LogP contribution in [0.2, 0.25) is 5.02 Å². The summed E-state index contributed by atoms with van der Waals surface area (Å²) >= 11 is 12.3. The predicted octanol–water partition coefficient (Wildman–Crippen LogP) is 5.24. The van der Waals surface area contributed by atoms with Gasteiger partial charge in [-0.3, -0.25) is 4.79 Å². The molecule has 6 heteroatoms. The third-order valence-electron chi connectivity index (χ3n) is 2.67. The Morgan fingerprint density at radius 2 is 1.90 bits per heavy atom. The van der Waals surface area contributed by atoms with Crippen molar-refractivity contribution in [3.05, 3.63) is 61.2 Å². The molecule has 0 spiro atoms. The summed E-state index contributed by atoms with van der Waals surface area (Å²) in [7, 11) is 1.38. The first kappa shape index (κ1) is 15.5. The number of ether oxygens (including phenoxy) is 1. The van der Waals surface area contributed by atoms with Crippen molar-refractivity contribution in [1.82, 2.24) is 0 Å². The van der Waals surface area contributed by atoms with Gasteiger partial charge in [-0.15, -0.1) is 0 Å². The summed E-state index contributed by atoms with van der Waals surface area (Å²) in [6, 6.07) is 7.42. The number of carbonyl (C=O) groups excluding carboxylic acids is 1. The SMILES string of the molecule is COc1cc(F)c(Br)cc1C(=O)c1ccc(Br)c(Cl)c1. The van der Waals surface area contributed by atoms with Gasteiger partial charge in [0, 0.05) is 16.1 Å². The van der Waals surface area contributed by atoms with Gasteiger partial charge in [-0.1, -0.05) is 11.6 Å². The van der Waals surface area contributed by atoms with Crippen molar-refractivity contribution in [3.8, 4) is 5.75 Å². The minimum Gasteiger partial charge on any atom is -0.496 e. The second kappa shape index (κ2) is 6.24. The Balaban J connectivity index is 2.52. The quantitative estimate of drug-likeness (QED) is 0.632. The highest BCUT2D eigenvalue weighted by Crippen LogP contribution is 2.30. The molecule has 0 aliphatic rings. The number of benzene rings is 2. The van der Waals surface area contributed by atoms with E-state index >= 15 is 0 Å². The number of methoxy groups -OCH3 is 1. The summed E-state index contributed by atoms with van der Waals surface area (Å²) in [5.74, 6) is -0.612. The molecule has 0 unspecified atom stereocenters. The number of hydrogen-bond acceptors (Lipinski definition) is 2. The summed E-state index contributed by atoms with van der Waals surface area (Å²) in [6.45, 7) is 0. The van der Waals surface area contributed by atoms with Gasteiger partial charge < -0.3 is 4.74 Å².